The molecular formula is C14H21N3O4. The van der Waals surface area contributed by atoms with Gasteiger partial charge in [0.2, 0.25) is 5.91 Å². The number of benzene rings is 1. The summed E-state index contributed by atoms with van der Waals surface area (Å²) in [6.45, 7) is 4.42. The summed E-state index contributed by atoms with van der Waals surface area (Å²) in [5.41, 5.74) is 0.781. The molecule has 0 aliphatic rings. The number of nitrogens with zero attached hydrogens (tertiary/aromatic N) is 1. The Labute approximate surface area is 123 Å². The summed E-state index contributed by atoms with van der Waals surface area (Å²) in [4.78, 5) is 22.0. The van der Waals surface area contributed by atoms with Crippen LogP contribution in [-0.4, -0.2) is 30.5 Å². The number of nitro groups is 1. The van der Waals surface area contributed by atoms with Crippen molar-refractivity contribution in [2.45, 2.75) is 32.9 Å². The van der Waals surface area contributed by atoms with Crippen LogP contribution in [0.3, 0.4) is 0 Å². The monoisotopic (exact) mass is 295 g/mol. The minimum Gasteiger partial charge on any atom is -0.486 e. The summed E-state index contributed by atoms with van der Waals surface area (Å²) in [5.74, 6) is 0.0455. The van der Waals surface area contributed by atoms with Gasteiger partial charge in [-0.1, -0.05) is 6.07 Å². The van der Waals surface area contributed by atoms with E-state index in [0.717, 1.165) is 5.56 Å². The summed E-state index contributed by atoms with van der Waals surface area (Å²) in [5, 5.41) is 16.7. The van der Waals surface area contributed by atoms with Gasteiger partial charge >= 0.3 is 5.69 Å². The molecule has 0 radical (unpaired) electrons. The number of nitrogens with one attached hydrogen (secondary N) is 2. The van der Waals surface area contributed by atoms with E-state index in [1.807, 2.05) is 13.8 Å². The molecule has 21 heavy (non-hydrogen) atoms. The zero-order valence-electron chi connectivity index (χ0n) is 12.5. The smallest absolute Gasteiger partial charge is 0.310 e. The van der Waals surface area contributed by atoms with Crippen molar-refractivity contribution >= 4 is 11.6 Å². The molecule has 0 saturated carbocycles. The predicted octanol–water partition coefficient (Wildman–Crippen LogP) is 1.61. The number of ether oxygens (including phenoxy) is 1. The molecule has 1 amide bonds. The van der Waals surface area contributed by atoms with Crippen LogP contribution in [0.15, 0.2) is 18.2 Å². The quantitative estimate of drug-likeness (QED) is 0.561. The summed E-state index contributed by atoms with van der Waals surface area (Å²) >= 11 is 0. The van der Waals surface area contributed by atoms with Crippen LogP contribution in [0.25, 0.3) is 0 Å². The number of nitro benzene ring substituents is 1. The average molecular weight is 295 g/mol. The van der Waals surface area contributed by atoms with Crippen LogP contribution in [0.2, 0.25) is 0 Å². The molecular weight excluding hydrogens is 274 g/mol. The Kier molecular flexibility index (Phi) is 6.61. The molecule has 0 aliphatic heterocycles. The molecule has 0 bridgehead atoms. The Bertz CT molecular complexity index is 503. The van der Waals surface area contributed by atoms with Crippen LogP contribution in [0, 0.1) is 10.1 Å². The van der Waals surface area contributed by atoms with Crippen molar-refractivity contribution in [1.82, 2.24) is 10.6 Å². The molecule has 1 aromatic carbocycles. The third-order valence-corrected chi connectivity index (χ3v) is 2.64. The number of hydrogen-bond acceptors (Lipinski definition) is 5. The number of hydrogen-bond donors (Lipinski definition) is 2. The first kappa shape index (κ1) is 16.9. The highest BCUT2D eigenvalue weighted by Gasteiger charge is 2.16. The Morgan fingerprint density at radius 1 is 1.43 bits per heavy atom. The van der Waals surface area contributed by atoms with E-state index in [2.05, 4.69) is 10.6 Å². The van der Waals surface area contributed by atoms with E-state index >= 15 is 0 Å². The molecule has 116 valence electrons. The van der Waals surface area contributed by atoms with Crippen molar-refractivity contribution in [3.05, 3.63) is 33.9 Å². The van der Waals surface area contributed by atoms with E-state index in [0.29, 0.717) is 6.54 Å². The van der Waals surface area contributed by atoms with Crippen molar-refractivity contribution in [2.75, 3.05) is 13.7 Å². The molecule has 0 atom stereocenters. The summed E-state index contributed by atoms with van der Waals surface area (Å²) in [6.07, 6.45) is 0.158. The number of carbonyl (C=O) groups excluding carboxylic acids is 1. The van der Waals surface area contributed by atoms with E-state index < -0.39 is 4.92 Å². The first-order chi connectivity index (χ1) is 9.93. The van der Waals surface area contributed by atoms with Gasteiger partial charge < -0.3 is 15.4 Å². The molecule has 7 heteroatoms. The first-order valence-corrected chi connectivity index (χ1v) is 6.78. The molecule has 0 unspecified atom stereocenters. The van der Waals surface area contributed by atoms with E-state index in [1.54, 1.807) is 19.2 Å². The second-order valence-corrected chi connectivity index (χ2v) is 4.91. The largest absolute Gasteiger partial charge is 0.486 e. The van der Waals surface area contributed by atoms with Gasteiger partial charge in [-0.25, -0.2) is 0 Å². The third kappa shape index (κ3) is 5.78. The van der Waals surface area contributed by atoms with Gasteiger partial charge in [0.05, 0.1) is 18.0 Å². The second-order valence-electron chi connectivity index (χ2n) is 4.91. The molecule has 1 aromatic rings. The fourth-order valence-corrected chi connectivity index (χ4v) is 1.79. The van der Waals surface area contributed by atoms with Gasteiger partial charge in [0.15, 0.2) is 5.75 Å². The molecule has 7 nitrogen and oxygen atoms in total. The average Bonchev–Trinajstić information content (AvgIpc) is 2.38. The molecule has 2 N–H and O–H groups in total. The molecule has 0 saturated heterocycles. The van der Waals surface area contributed by atoms with Gasteiger partial charge in [0.25, 0.3) is 0 Å². The third-order valence-electron chi connectivity index (χ3n) is 2.64. The highest BCUT2D eigenvalue weighted by atomic mass is 16.6. The SMILES string of the molecule is CNCc1ccc([N+](=O)[O-])c(OCCC(=O)NC(C)C)c1. The molecule has 0 heterocycles. The number of amides is 1. The maximum Gasteiger partial charge on any atom is 0.310 e. The van der Waals surface area contributed by atoms with E-state index in [4.69, 9.17) is 4.74 Å². The van der Waals surface area contributed by atoms with Crippen molar-refractivity contribution in [1.29, 1.82) is 0 Å². The molecule has 0 aromatic heterocycles. The van der Waals surface area contributed by atoms with Crippen LogP contribution in [-0.2, 0) is 11.3 Å². The minimum atomic E-state index is -0.493. The number of carbonyl (C=O) groups is 1. The summed E-state index contributed by atoms with van der Waals surface area (Å²) < 4.78 is 5.41. The lowest BCUT2D eigenvalue weighted by Gasteiger charge is -2.10. The Morgan fingerprint density at radius 2 is 2.14 bits per heavy atom. The normalized spacial score (nSPS) is 10.5. The van der Waals surface area contributed by atoms with Crippen molar-refractivity contribution in [3.8, 4) is 5.75 Å². The van der Waals surface area contributed by atoms with Crippen molar-refractivity contribution < 1.29 is 14.5 Å². The Morgan fingerprint density at radius 3 is 2.71 bits per heavy atom. The summed E-state index contributed by atoms with van der Waals surface area (Å²) in [6, 6.07) is 4.77. The molecule has 0 aliphatic carbocycles. The minimum absolute atomic E-state index is 0.0609. The van der Waals surface area contributed by atoms with E-state index in [-0.39, 0.29) is 36.4 Å². The van der Waals surface area contributed by atoms with E-state index in [1.165, 1.54) is 6.07 Å². The fraction of sp³-hybridized carbons (Fsp3) is 0.500. The standard InChI is InChI=1S/C14H21N3O4/c1-10(2)16-14(18)6-7-21-13-8-11(9-15-3)4-5-12(13)17(19)20/h4-5,8,10,15H,6-7,9H2,1-3H3,(H,16,18). The van der Waals surface area contributed by atoms with E-state index in [9.17, 15) is 14.9 Å². The lowest BCUT2D eigenvalue weighted by atomic mass is 10.2. The first-order valence-electron chi connectivity index (χ1n) is 6.78. The van der Waals surface area contributed by atoms with Crippen LogP contribution in [0.1, 0.15) is 25.8 Å². The maximum absolute atomic E-state index is 11.5. The molecule has 1 rings (SSSR count). The van der Waals surface area contributed by atoms with Gasteiger partial charge in [0, 0.05) is 18.7 Å². The predicted molar refractivity (Wildman–Crippen MR) is 79.3 cm³/mol. The zero-order valence-corrected chi connectivity index (χ0v) is 12.5. The van der Waals surface area contributed by atoms with Crippen LogP contribution in [0.4, 0.5) is 5.69 Å². The second kappa shape index (κ2) is 8.21. The topological polar surface area (TPSA) is 93.5 Å². The summed E-state index contributed by atoms with van der Waals surface area (Å²) in [7, 11) is 1.79. The highest BCUT2D eigenvalue weighted by molar-refractivity contribution is 5.76. The van der Waals surface area contributed by atoms with Gasteiger partial charge in [-0.05, 0) is 32.5 Å². The van der Waals surface area contributed by atoms with Crippen LogP contribution in [0.5, 0.6) is 5.75 Å². The van der Waals surface area contributed by atoms with Crippen molar-refractivity contribution in [3.63, 3.8) is 0 Å². The van der Waals surface area contributed by atoms with Crippen LogP contribution < -0.4 is 15.4 Å². The lowest BCUT2D eigenvalue weighted by molar-refractivity contribution is -0.385. The Balaban J connectivity index is 2.69. The molecule has 0 fully saturated rings. The highest BCUT2D eigenvalue weighted by Crippen LogP contribution is 2.28. The van der Waals surface area contributed by atoms with Gasteiger partial charge in [-0.15, -0.1) is 0 Å². The lowest BCUT2D eigenvalue weighted by Crippen LogP contribution is -2.31. The van der Waals surface area contributed by atoms with Gasteiger partial charge in [0.1, 0.15) is 0 Å². The Hall–Kier alpha value is -2.15. The zero-order chi connectivity index (χ0) is 15.8. The molecule has 0 spiro atoms. The van der Waals surface area contributed by atoms with Gasteiger partial charge in [-0.3, -0.25) is 14.9 Å². The van der Waals surface area contributed by atoms with Crippen LogP contribution >= 0.6 is 0 Å². The van der Waals surface area contributed by atoms with Crippen molar-refractivity contribution in [2.24, 2.45) is 0 Å². The van der Waals surface area contributed by atoms with Gasteiger partial charge in [-0.2, -0.15) is 0 Å². The fourth-order valence-electron chi connectivity index (χ4n) is 1.79. The number of rotatable bonds is 8. The maximum atomic E-state index is 11.5.